The van der Waals surface area contributed by atoms with Crippen molar-refractivity contribution in [3.63, 3.8) is 0 Å². The van der Waals surface area contributed by atoms with Crippen LogP contribution in [-0.4, -0.2) is 33.8 Å². The van der Waals surface area contributed by atoms with Gasteiger partial charge in [-0.2, -0.15) is 5.06 Å². The fourth-order valence-electron chi connectivity index (χ4n) is 2.51. The van der Waals surface area contributed by atoms with Crippen molar-refractivity contribution < 1.29 is 10.1 Å². The Balaban J connectivity index is 0.000000239. The van der Waals surface area contributed by atoms with Gasteiger partial charge in [-0.15, -0.1) is 0 Å². The Kier molecular flexibility index (Phi) is 5.85. The number of piperidine rings is 1. The van der Waals surface area contributed by atoms with Gasteiger partial charge in [-0.25, -0.2) is 0 Å². The minimum atomic E-state index is -0.497. The molecule has 1 N–H and O–H groups in total. The zero-order valence-corrected chi connectivity index (χ0v) is 10.8. The number of hydroxylamine groups is 2. The first-order chi connectivity index (χ1) is 8.04. The van der Waals surface area contributed by atoms with Crippen molar-refractivity contribution in [1.82, 2.24) is 5.06 Å². The molecule has 1 aliphatic heterocycles. The summed E-state index contributed by atoms with van der Waals surface area (Å²) in [5.41, 5.74) is 0. The largest absolute Gasteiger partial charge is 0.314 e. The average Bonchev–Trinajstić information content (AvgIpc) is 2.84. The van der Waals surface area contributed by atoms with E-state index in [2.05, 4.69) is 0 Å². The smallest absolute Gasteiger partial charge is 0.218 e. The van der Waals surface area contributed by atoms with Crippen LogP contribution in [0, 0.1) is 16.0 Å². The molecule has 2 rings (SSSR count). The highest BCUT2D eigenvalue weighted by Gasteiger charge is 2.38. The summed E-state index contributed by atoms with van der Waals surface area (Å²) in [5.74, 6) is -0.0845. The van der Waals surface area contributed by atoms with Crippen molar-refractivity contribution in [2.24, 2.45) is 5.92 Å². The summed E-state index contributed by atoms with van der Waals surface area (Å²) >= 11 is 0. The molecule has 3 atom stereocenters. The third-order valence-electron chi connectivity index (χ3n) is 4.01. The van der Waals surface area contributed by atoms with Gasteiger partial charge in [0.2, 0.25) is 6.04 Å². The Morgan fingerprint density at radius 3 is 2.06 bits per heavy atom. The molecule has 5 heteroatoms. The van der Waals surface area contributed by atoms with Gasteiger partial charge >= 0.3 is 0 Å². The summed E-state index contributed by atoms with van der Waals surface area (Å²) in [7, 11) is 0. The first-order valence-corrected chi connectivity index (χ1v) is 6.63. The van der Waals surface area contributed by atoms with Gasteiger partial charge in [0.15, 0.2) is 0 Å². The van der Waals surface area contributed by atoms with Crippen LogP contribution in [0.3, 0.4) is 0 Å². The van der Waals surface area contributed by atoms with Gasteiger partial charge < -0.3 is 5.21 Å². The molecule has 2 fully saturated rings. The summed E-state index contributed by atoms with van der Waals surface area (Å²) in [6.07, 6.45) is 7.94. The van der Waals surface area contributed by atoms with E-state index < -0.39 is 6.04 Å². The lowest BCUT2D eigenvalue weighted by molar-refractivity contribution is -0.540. The molecule has 0 bridgehead atoms. The van der Waals surface area contributed by atoms with E-state index in [0.29, 0.717) is 13.0 Å². The Morgan fingerprint density at radius 1 is 1.18 bits per heavy atom. The second-order valence-electron chi connectivity index (χ2n) is 5.17. The van der Waals surface area contributed by atoms with Crippen molar-refractivity contribution in [2.45, 2.75) is 64.5 Å². The maximum Gasteiger partial charge on any atom is 0.218 e. The van der Waals surface area contributed by atoms with Gasteiger partial charge in [-0.1, -0.05) is 39.0 Å². The van der Waals surface area contributed by atoms with Crippen LogP contribution >= 0.6 is 0 Å². The fraction of sp³-hybridized carbons (Fsp3) is 1.00. The topological polar surface area (TPSA) is 66.6 Å². The molecule has 17 heavy (non-hydrogen) atoms. The lowest BCUT2D eigenvalue weighted by Gasteiger charge is -2.34. The molecular weight excluding hydrogens is 220 g/mol. The first-order valence-electron chi connectivity index (χ1n) is 6.63. The number of hydrogen-bond acceptors (Lipinski definition) is 4. The highest BCUT2D eigenvalue weighted by molar-refractivity contribution is 4.80. The number of hydrogen-bond donors (Lipinski definition) is 1. The van der Waals surface area contributed by atoms with Crippen LogP contribution < -0.4 is 0 Å². The van der Waals surface area contributed by atoms with E-state index in [1.807, 2.05) is 0 Å². The Labute approximate surface area is 103 Å². The van der Waals surface area contributed by atoms with Crippen molar-refractivity contribution in [3.05, 3.63) is 10.1 Å². The minimum Gasteiger partial charge on any atom is -0.314 e. The molecule has 5 nitrogen and oxygen atoms in total. The molecule has 1 heterocycles. The van der Waals surface area contributed by atoms with Crippen LogP contribution in [-0.2, 0) is 0 Å². The monoisotopic (exact) mass is 244 g/mol. The van der Waals surface area contributed by atoms with Crippen molar-refractivity contribution in [2.75, 3.05) is 6.54 Å². The summed E-state index contributed by atoms with van der Waals surface area (Å²) in [6.45, 7) is 4.01. The van der Waals surface area contributed by atoms with Crippen molar-refractivity contribution in [1.29, 1.82) is 0 Å². The van der Waals surface area contributed by atoms with Gasteiger partial charge in [0.25, 0.3) is 0 Å². The Bertz CT molecular complexity index is 236. The molecule has 3 unspecified atom stereocenters. The summed E-state index contributed by atoms with van der Waals surface area (Å²) < 4.78 is 0. The predicted octanol–water partition coefficient (Wildman–Crippen LogP) is 2.70. The fourth-order valence-corrected chi connectivity index (χ4v) is 2.51. The lowest BCUT2D eigenvalue weighted by Crippen LogP contribution is -2.49. The zero-order valence-electron chi connectivity index (χ0n) is 10.8. The Morgan fingerprint density at radius 2 is 1.65 bits per heavy atom. The predicted molar refractivity (Wildman–Crippen MR) is 65.6 cm³/mol. The van der Waals surface area contributed by atoms with Crippen molar-refractivity contribution >= 4 is 0 Å². The maximum atomic E-state index is 10.5. The molecule has 0 aromatic carbocycles. The van der Waals surface area contributed by atoms with Crippen LogP contribution in [0.5, 0.6) is 0 Å². The molecule has 0 spiro atoms. The normalized spacial score (nSPS) is 33.9. The second kappa shape index (κ2) is 6.91. The van der Waals surface area contributed by atoms with Crippen LogP contribution in [0.2, 0.25) is 0 Å². The van der Waals surface area contributed by atoms with E-state index in [-0.39, 0.29) is 16.9 Å². The Hall–Kier alpha value is -0.680. The van der Waals surface area contributed by atoms with Crippen LogP contribution in [0.1, 0.15) is 52.4 Å². The summed E-state index contributed by atoms with van der Waals surface area (Å²) in [6, 6.07) is -0.613. The van der Waals surface area contributed by atoms with E-state index >= 15 is 0 Å². The molecular formula is C12H24N2O3. The van der Waals surface area contributed by atoms with Crippen LogP contribution in [0.4, 0.5) is 0 Å². The lowest BCUT2D eigenvalue weighted by atomic mass is 9.89. The van der Waals surface area contributed by atoms with E-state index in [9.17, 15) is 15.3 Å². The molecule has 0 amide bonds. The zero-order chi connectivity index (χ0) is 12.8. The third kappa shape index (κ3) is 4.24. The van der Waals surface area contributed by atoms with Gasteiger partial charge in [0.05, 0.1) is 0 Å². The minimum absolute atomic E-state index is 0.0845. The highest BCUT2D eigenvalue weighted by Crippen LogP contribution is 2.23. The quantitative estimate of drug-likeness (QED) is 0.569. The molecule has 2 aliphatic rings. The molecule has 0 aromatic rings. The van der Waals surface area contributed by atoms with Gasteiger partial charge in [0.1, 0.15) is 0 Å². The van der Waals surface area contributed by atoms with E-state index in [0.717, 1.165) is 0 Å². The van der Waals surface area contributed by atoms with Gasteiger partial charge in [0, 0.05) is 29.8 Å². The van der Waals surface area contributed by atoms with Crippen LogP contribution in [0.15, 0.2) is 0 Å². The molecule has 1 saturated carbocycles. The summed E-state index contributed by atoms with van der Waals surface area (Å²) in [5, 5.41) is 21.0. The van der Waals surface area contributed by atoms with E-state index in [4.69, 9.17) is 0 Å². The highest BCUT2D eigenvalue weighted by atomic mass is 16.6. The third-order valence-corrected chi connectivity index (χ3v) is 4.01. The molecule has 1 saturated heterocycles. The van der Waals surface area contributed by atoms with Gasteiger partial charge in [-0.05, 0) is 6.92 Å². The molecule has 1 aliphatic carbocycles. The van der Waals surface area contributed by atoms with Crippen LogP contribution in [0.25, 0.3) is 0 Å². The summed E-state index contributed by atoms with van der Waals surface area (Å²) in [4.78, 5) is 10.3. The second-order valence-corrected chi connectivity index (χ2v) is 5.17. The molecule has 100 valence electrons. The molecule has 0 aromatic heterocycles. The van der Waals surface area contributed by atoms with E-state index in [1.165, 1.54) is 37.2 Å². The number of nitrogens with zero attached hydrogens (tertiary/aromatic N) is 2. The standard InChI is InChI=1S/C7H14N2O3.C5H10/c1-5-6(2)8(10)4-3-7(5)9(11)12;1-2-4-5-3-1/h5-7,10H,3-4H2,1-2H3;1-5H2. The SMILES string of the molecule is C1CCCC1.CC1C(C)N(O)CCC1[N+](=O)[O-]. The first kappa shape index (κ1) is 14.4. The number of nitro groups is 1. The maximum absolute atomic E-state index is 10.5. The average molecular weight is 244 g/mol. The molecule has 0 radical (unpaired) electrons. The van der Waals surface area contributed by atoms with Crippen molar-refractivity contribution in [3.8, 4) is 0 Å². The number of rotatable bonds is 1. The van der Waals surface area contributed by atoms with Gasteiger partial charge in [-0.3, -0.25) is 10.1 Å². The van der Waals surface area contributed by atoms with E-state index in [1.54, 1.807) is 13.8 Å².